The molecule has 3 heterocycles. The molecule has 0 aliphatic heterocycles. The molecule has 1 atom stereocenters. The van der Waals surface area contributed by atoms with E-state index in [4.69, 9.17) is 9.47 Å². The van der Waals surface area contributed by atoms with Gasteiger partial charge in [-0.2, -0.15) is 5.10 Å². The van der Waals surface area contributed by atoms with Crippen LogP contribution in [0, 0.1) is 12.7 Å². The summed E-state index contributed by atoms with van der Waals surface area (Å²) in [6, 6.07) is 6.95. The van der Waals surface area contributed by atoms with Crippen molar-refractivity contribution in [3.63, 3.8) is 0 Å². The van der Waals surface area contributed by atoms with Crippen LogP contribution in [-0.4, -0.2) is 62.4 Å². The molecule has 14 heteroatoms. The lowest BCUT2D eigenvalue weighted by Gasteiger charge is -2.18. The number of halogens is 1. The third kappa shape index (κ3) is 4.84. The fourth-order valence-electron chi connectivity index (χ4n) is 3.49. The Bertz CT molecular complexity index is 1440. The molecule has 0 bridgehead atoms. The first-order chi connectivity index (χ1) is 17.1. The number of aromatic nitrogens is 7. The Morgan fingerprint density at radius 3 is 2.31 bits per heavy atom. The lowest BCUT2D eigenvalue weighted by molar-refractivity contribution is 0.391. The lowest BCUT2D eigenvalue weighted by atomic mass is 10.2. The van der Waals surface area contributed by atoms with Crippen LogP contribution in [0.2, 0.25) is 0 Å². The summed E-state index contributed by atoms with van der Waals surface area (Å²) in [4.78, 5) is 7.70. The number of ether oxygens (including phenoxy) is 2. The number of methoxy groups -OCH3 is 2. The van der Waals surface area contributed by atoms with E-state index in [2.05, 4.69) is 30.0 Å². The zero-order chi connectivity index (χ0) is 26.0. The third-order valence-electron chi connectivity index (χ3n) is 5.54. The average molecular weight is 517 g/mol. The number of anilines is 1. The zero-order valence-electron chi connectivity index (χ0n) is 20.3. The fourth-order valence-corrected chi connectivity index (χ4v) is 4.45. The Hall–Kier alpha value is -4.07. The molecule has 0 radical (unpaired) electrons. The molecule has 0 aliphatic carbocycles. The van der Waals surface area contributed by atoms with Crippen molar-refractivity contribution in [2.45, 2.75) is 25.5 Å². The minimum atomic E-state index is -4.02. The Balaban J connectivity index is 1.81. The molecule has 1 N–H and O–H groups in total. The fraction of sp³-hybridized carbons (Fsp3) is 0.318. The molecule has 0 spiro atoms. The van der Waals surface area contributed by atoms with Gasteiger partial charge in [0.1, 0.15) is 28.7 Å². The zero-order valence-corrected chi connectivity index (χ0v) is 21.1. The van der Waals surface area contributed by atoms with Gasteiger partial charge in [-0.25, -0.2) is 22.8 Å². The molecule has 3 aromatic heterocycles. The standard InChI is InChI=1S/C22H25FN8O4S/c1-13-9-16(28-30(13)3)21-26-27-22(31(21)20-17(34-4)7-6-8-18(20)35-5)29-36(32,33)14(2)10-19-24-11-15(23)12-25-19/h6-9,11-12,14H,10H2,1-5H3,(H,27,29)/t14-/m0/s1. The van der Waals surface area contributed by atoms with Gasteiger partial charge in [0.25, 0.3) is 0 Å². The summed E-state index contributed by atoms with van der Waals surface area (Å²) in [5.74, 6) is 0.555. The molecule has 0 aliphatic rings. The maximum atomic E-state index is 13.3. The molecule has 36 heavy (non-hydrogen) atoms. The Labute approximate surface area is 207 Å². The van der Waals surface area contributed by atoms with Gasteiger partial charge >= 0.3 is 0 Å². The van der Waals surface area contributed by atoms with Crippen LogP contribution in [0.4, 0.5) is 10.3 Å². The molecule has 0 unspecified atom stereocenters. The smallest absolute Gasteiger partial charge is 0.243 e. The molecule has 0 saturated carbocycles. The van der Waals surface area contributed by atoms with Crippen molar-refractivity contribution < 1.29 is 22.3 Å². The predicted molar refractivity (Wildman–Crippen MR) is 129 cm³/mol. The highest BCUT2D eigenvalue weighted by atomic mass is 32.2. The molecule has 0 amide bonds. The van der Waals surface area contributed by atoms with Gasteiger partial charge in [0.2, 0.25) is 16.0 Å². The van der Waals surface area contributed by atoms with Crippen molar-refractivity contribution >= 4 is 16.0 Å². The first-order valence-electron chi connectivity index (χ1n) is 10.8. The number of nitrogens with one attached hydrogen (secondary N) is 1. The SMILES string of the molecule is COc1cccc(OC)c1-n1c(NS(=O)(=O)[C@@H](C)Cc2ncc(F)cn2)nnc1-c1cc(C)n(C)n1. The molecular formula is C22H25FN8O4S. The van der Waals surface area contributed by atoms with Crippen LogP contribution in [0.25, 0.3) is 17.2 Å². The molecule has 4 aromatic rings. The van der Waals surface area contributed by atoms with E-state index in [-0.39, 0.29) is 24.0 Å². The van der Waals surface area contributed by atoms with Crippen LogP contribution in [0.15, 0.2) is 36.7 Å². The maximum Gasteiger partial charge on any atom is 0.243 e. The van der Waals surface area contributed by atoms with Crippen molar-refractivity contribution in [1.82, 2.24) is 34.5 Å². The minimum absolute atomic E-state index is 0.0476. The van der Waals surface area contributed by atoms with E-state index < -0.39 is 21.1 Å². The summed E-state index contributed by atoms with van der Waals surface area (Å²) < 4.78 is 56.4. The number of rotatable bonds is 9. The number of hydrogen-bond acceptors (Lipinski definition) is 9. The predicted octanol–water partition coefficient (Wildman–Crippen LogP) is 2.30. The number of benzene rings is 1. The van der Waals surface area contributed by atoms with Gasteiger partial charge in [0.15, 0.2) is 11.6 Å². The Kier molecular flexibility index (Phi) is 6.88. The van der Waals surface area contributed by atoms with Crippen LogP contribution in [-0.2, 0) is 23.5 Å². The number of hydrogen-bond donors (Lipinski definition) is 1. The Morgan fingerprint density at radius 2 is 1.75 bits per heavy atom. The van der Waals surface area contributed by atoms with E-state index in [0.29, 0.717) is 22.9 Å². The highest BCUT2D eigenvalue weighted by Crippen LogP contribution is 2.37. The normalized spacial score (nSPS) is 12.4. The second kappa shape index (κ2) is 9.89. The van der Waals surface area contributed by atoms with Crippen LogP contribution in [0.3, 0.4) is 0 Å². The average Bonchev–Trinajstić information content (AvgIpc) is 3.41. The molecule has 1 aromatic carbocycles. The maximum absolute atomic E-state index is 13.3. The van der Waals surface area contributed by atoms with Crippen LogP contribution >= 0.6 is 0 Å². The monoisotopic (exact) mass is 516 g/mol. The highest BCUT2D eigenvalue weighted by molar-refractivity contribution is 7.93. The lowest BCUT2D eigenvalue weighted by Crippen LogP contribution is -2.29. The van der Waals surface area contributed by atoms with Crippen molar-refractivity contribution in [1.29, 1.82) is 0 Å². The highest BCUT2D eigenvalue weighted by Gasteiger charge is 2.29. The summed E-state index contributed by atoms with van der Waals surface area (Å²) in [5.41, 5.74) is 1.72. The van der Waals surface area contributed by atoms with Gasteiger partial charge in [-0.3, -0.25) is 14.0 Å². The second-order valence-corrected chi connectivity index (χ2v) is 10.1. The molecule has 0 fully saturated rings. The van der Waals surface area contributed by atoms with Crippen molar-refractivity contribution in [2.24, 2.45) is 7.05 Å². The van der Waals surface area contributed by atoms with E-state index in [1.165, 1.54) is 25.7 Å². The summed E-state index contributed by atoms with van der Waals surface area (Å²) in [5, 5.41) is 11.9. The molecule has 190 valence electrons. The molecule has 4 rings (SSSR count). The number of para-hydroxylation sites is 1. The summed E-state index contributed by atoms with van der Waals surface area (Å²) in [6.07, 6.45) is 1.93. The van der Waals surface area contributed by atoms with E-state index in [0.717, 1.165) is 18.1 Å². The summed E-state index contributed by atoms with van der Waals surface area (Å²) >= 11 is 0. The third-order valence-corrected chi connectivity index (χ3v) is 7.23. The molecule has 0 saturated heterocycles. The molecule has 12 nitrogen and oxygen atoms in total. The Morgan fingerprint density at radius 1 is 1.11 bits per heavy atom. The summed E-state index contributed by atoms with van der Waals surface area (Å²) in [7, 11) is 0.742. The topological polar surface area (TPSA) is 139 Å². The first kappa shape index (κ1) is 25.0. The second-order valence-electron chi connectivity index (χ2n) is 7.97. The van der Waals surface area contributed by atoms with Crippen molar-refractivity contribution in [3.05, 3.63) is 54.0 Å². The van der Waals surface area contributed by atoms with E-state index in [9.17, 15) is 12.8 Å². The van der Waals surface area contributed by atoms with Gasteiger partial charge < -0.3 is 9.47 Å². The number of sulfonamides is 1. The van der Waals surface area contributed by atoms with Crippen LogP contribution < -0.4 is 14.2 Å². The number of aryl methyl sites for hydroxylation is 2. The quantitative estimate of drug-likeness (QED) is 0.355. The van der Waals surface area contributed by atoms with Gasteiger partial charge in [0.05, 0.1) is 31.9 Å². The van der Waals surface area contributed by atoms with Gasteiger partial charge in [0, 0.05) is 19.2 Å². The van der Waals surface area contributed by atoms with E-state index >= 15 is 0 Å². The van der Waals surface area contributed by atoms with Crippen molar-refractivity contribution in [2.75, 3.05) is 18.9 Å². The first-order valence-corrected chi connectivity index (χ1v) is 12.3. The van der Waals surface area contributed by atoms with Gasteiger partial charge in [-0.1, -0.05) is 6.07 Å². The largest absolute Gasteiger partial charge is 0.494 e. The minimum Gasteiger partial charge on any atom is -0.494 e. The van der Waals surface area contributed by atoms with Crippen LogP contribution in [0.1, 0.15) is 18.4 Å². The van der Waals surface area contributed by atoms with E-state index in [1.807, 2.05) is 6.92 Å². The van der Waals surface area contributed by atoms with Gasteiger partial charge in [-0.05, 0) is 32.0 Å². The van der Waals surface area contributed by atoms with Gasteiger partial charge in [-0.15, -0.1) is 10.2 Å². The van der Waals surface area contributed by atoms with Crippen molar-refractivity contribution in [3.8, 4) is 28.7 Å². The van der Waals surface area contributed by atoms with E-state index in [1.54, 1.807) is 36.0 Å². The summed E-state index contributed by atoms with van der Waals surface area (Å²) in [6.45, 7) is 3.37. The van der Waals surface area contributed by atoms with Crippen LogP contribution in [0.5, 0.6) is 11.5 Å². The molecular weight excluding hydrogens is 491 g/mol. The number of nitrogens with zero attached hydrogens (tertiary/aromatic N) is 7.